The van der Waals surface area contributed by atoms with Crippen molar-refractivity contribution in [3.8, 4) is 5.75 Å². The molecule has 0 spiro atoms. The summed E-state index contributed by atoms with van der Waals surface area (Å²) in [4.78, 5) is 22.1. The van der Waals surface area contributed by atoms with E-state index in [0.29, 0.717) is 6.42 Å². The molecule has 0 saturated carbocycles. The molecule has 7 nitrogen and oxygen atoms in total. The average molecular weight is 294 g/mol. The van der Waals surface area contributed by atoms with Gasteiger partial charge in [0.05, 0.1) is 11.0 Å². The Balaban J connectivity index is 1.94. The zero-order chi connectivity index (χ0) is 15.2. The fourth-order valence-corrected chi connectivity index (χ4v) is 2.34. The molecular formula is C14H18N2O5. The number of ether oxygens (including phenoxy) is 1. The maximum absolute atomic E-state index is 11.9. The maximum atomic E-state index is 11.9. The molecule has 2 rings (SSSR count). The number of para-hydroxylation sites is 1. The largest absolute Gasteiger partial charge is 0.505 e. The van der Waals surface area contributed by atoms with Gasteiger partial charge in [0, 0.05) is 19.1 Å². The lowest BCUT2D eigenvalue weighted by atomic mass is 10.0. The van der Waals surface area contributed by atoms with Gasteiger partial charge in [0.25, 0.3) is 5.69 Å². The number of rotatable bonds is 5. The Hall–Kier alpha value is -2.15. The molecule has 1 aliphatic heterocycles. The molecule has 1 heterocycles. The van der Waals surface area contributed by atoms with Crippen LogP contribution in [0.5, 0.6) is 5.75 Å². The van der Waals surface area contributed by atoms with Crippen LogP contribution in [-0.2, 0) is 9.53 Å². The Labute approximate surface area is 122 Å². The summed E-state index contributed by atoms with van der Waals surface area (Å²) in [5, 5.41) is 23.0. The molecular weight excluding hydrogens is 276 g/mol. The van der Waals surface area contributed by atoms with Gasteiger partial charge in [0.1, 0.15) is 5.75 Å². The molecule has 1 aromatic carbocycles. The van der Waals surface area contributed by atoms with Crippen LogP contribution >= 0.6 is 0 Å². The van der Waals surface area contributed by atoms with Gasteiger partial charge in [-0.2, -0.15) is 0 Å². The summed E-state index contributed by atoms with van der Waals surface area (Å²) in [6.07, 6.45) is 3.93. The van der Waals surface area contributed by atoms with E-state index in [9.17, 15) is 20.0 Å². The summed E-state index contributed by atoms with van der Waals surface area (Å²) in [6, 6.07) is 3.89. The second-order valence-corrected chi connectivity index (χ2v) is 5.00. The highest BCUT2D eigenvalue weighted by Gasteiger charge is 2.20. The number of phenolic OH excluding ortho intramolecular Hbond substituents is 1. The van der Waals surface area contributed by atoms with E-state index in [0.717, 1.165) is 25.9 Å². The average Bonchev–Trinajstić information content (AvgIpc) is 2.48. The molecule has 0 aliphatic carbocycles. The lowest BCUT2D eigenvalue weighted by Crippen LogP contribution is -2.22. The van der Waals surface area contributed by atoms with Crippen LogP contribution in [0.3, 0.4) is 0 Å². The number of amides is 1. The van der Waals surface area contributed by atoms with Gasteiger partial charge in [-0.1, -0.05) is 6.07 Å². The van der Waals surface area contributed by atoms with E-state index in [1.165, 1.54) is 18.2 Å². The fourth-order valence-electron chi connectivity index (χ4n) is 2.34. The van der Waals surface area contributed by atoms with Crippen molar-refractivity contribution >= 4 is 17.3 Å². The number of aromatic hydroxyl groups is 1. The van der Waals surface area contributed by atoms with Crippen LogP contribution in [0.2, 0.25) is 0 Å². The van der Waals surface area contributed by atoms with Gasteiger partial charge in [-0.3, -0.25) is 14.9 Å². The van der Waals surface area contributed by atoms with Crippen molar-refractivity contribution in [1.82, 2.24) is 0 Å². The molecule has 0 radical (unpaired) electrons. The van der Waals surface area contributed by atoms with E-state index in [1.54, 1.807) is 0 Å². The first-order valence-electron chi connectivity index (χ1n) is 6.95. The van der Waals surface area contributed by atoms with Crippen molar-refractivity contribution < 1.29 is 19.6 Å². The molecule has 0 bridgehead atoms. The number of carbonyl (C=O) groups excluding carboxylic acids is 1. The Morgan fingerprint density at radius 3 is 2.95 bits per heavy atom. The molecule has 7 heteroatoms. The maximum Gasteiger partial charge on any atom is 0.296 e. The minimum absolute atomic E-state index is 0.0730. The summed E-state index contributed by atoms with van der Waals surface area (Å²) >= 11 is 0. The molecule has 114 valence electrons. The molecule has 1 unspecified atom stereocenters. The second kappa shape index (κ2) is 7.03. The molecule has 1 amide bonds. The van der Waals surface area contributed by atoms with Gasteiger partial charge in [-0.15, -0.1) is 0 Å². The van der Waals surface area contributed by atoms with E-state index in [1.807, 2.05) is 0 Å². The standard InChI is InChI=1S/C14H18N2O5/c17-12-6-3-5-11(16(19)20)14(12)15-13(18)8-7-10-4-1-2-9-21-10/h3,5-6,10,17H,1-2,4,7-9H2,(H,15,18). The number of hydrogen-bond donors (Lipinski definition) is 2. The summed E-state index contributed by atoms with van der Waals surface area (Å²) in [6.45, 7) is 0.719. The van der Waals surface area contributed by atoms with Crippen LogP contribution in [0.15, 0.2) is 18.2 Å². The van der Waals surface area contributed by atoms with E-state index in [2.05, 4.69) is 5.32 Å². The number of benzene rings is 1. The first kappa shape index (κ1) is 15.2. The van der Waals surface area contributed by atoms with E-state index < -0.39 is 4.92 Å². The number of nitrogens with one attached hydrogen (secondary N) is 1. The van der Waals surface area contributed by atoms with Crippen LogP contribution in [0.1, 0.15) is 32.1 Å². The number of hydrogen-bond acceptors (Lipinski definition) is 5. The molecule has 21 heavy (non-hydrogen) atoms. The number of nitrogens with zero attached hydrogens (tertiary/aromatic N) is 1. The highest BCUT2D eigenvalue weighted by atomic mass is 16.6. The van der Waals surface area contributed by atoms with Crippen LogP contribution in [0, 0.1) is 10.1 Å². The summed E-state index contributed by atoms with van der Waals surface area (Å²) in [5.41, 5.74) is -0.477. The summed E-state index contributed by atoms with van der Waals surface area (Å²) < 4.78 is 5.53. The normalized spacial score (nSPS) is 18.2. The van der Waals surface area contributed by atoms with Crippen LogP contribution in [0.4, 0.5) is 11.4 Å². The first-order chi connectivity index (χ1) is 10.1. The van der Waals surface area contributed by atoms with E-state index in [4.69, 9.17) is 4.74 Å². The van der Waals surface area contributed by atoms with Crippen LogP contribution in [0.25, 0.3) is 0 Å². The number of nitro groups is 1. The topological polar surface area (TPSA) is 102 Å². The first-order valence-corrected chi connectivity index (χ1v) is 6.95. The highest BCUT2D eigenvalue weighted by molar-refractivity contribution is 5.94. The van der Waals surface area contributed by atoms with E-state index >= 15 is 0 Å². The minimum Gasteiger partial charge on any atom is -0.505 e. The Kier molecular flexibility index (Phi) is 5.10. The van der Waals surface area contributed by atoms with Crippen molar-refractivity contribution in [1.29, 1.82) is 0 Å². The quantitative estimate of drug-likeness (QED) is 0.493. The summed E-state index contributed by atoms with van der Waals surface area (Å²) in [7, 11) is 0. The zero-order valence-corrected chi connectivity index (χ0v) is 11.6. The van der Waals surface area contributed by atoms with Gasteiger partial charge in [0.2, 0.25) is 5.91 Å². The van der Waals surface area contributed by atoms with Crippen molar-refractivity contribution in [3.05, 3.63) is 28.3 Å². The molecule has 1 atom stereocenters. The van der Waals surface area contributed by atoms with Gasteiger partial charge < -0.3 is 15.2 Å². The molecule has 0 aromatic heterocycles. The minimum atomic E-state index is -0.639. The zero-order valence-electron chi connectivity index (χ0n) is 11.6. The lowest BCUT2D eigenvalue weighted by molar-refractivity contribution is -0.384. The number of anilines is 1. The molecule has 1 fully saturated rings. The Morgan fingerprint density at radius 1 is 1.48 bits per heavy atom. The Bertz CT molecular complexity index is 526. The highest BCUT2D eigenvalue weighted by Crippen LogP contribution is 2.33. The number of nitro benzene ring substituents is 1. The number of carbonyl (C=O) groups is 1. The number of phenols is 1. The fraction of sp³-hybridized carbons (Fsp3) is 0.500. The molecule has 1 saturated heterocycles. The summed E-state index contributed by atoms with van der Waals surface area (Å²) in [5.74, 6) is -0.680. The van der Waals surface area contributed by atoms with E-state index in [-0.39, 0.29) is 35.6 Å². The lowest BCUT2D eigenvalue weighted by Gasteiger charge is -2.22. The smallest absolute Gasteiger partial charge is 0.296 e. The van der Waals surface area contributed by atoms with Crippen molar-refractivity contribution in [3.63, 3.8) is 0 Å². The van der Waals surface area contributed by atoms with Gasteiger partial charge in [-0.05, 0) is 31.7 Å². The molecule has 1 aromatic rings. The SMILES string of the molecule is O=C(CCC1CCCCO1)Nc1c(O)cccc1[N+](=O)[O-]. The van der Waals surface area contributed by atoms with Crippen molar-refractivity contribution in [2.45, 2.75) is 38.2 Å². The van der Waals surface area contributed by atoms with Gasteiger partial charge >= 0.3 is 0 Å². The monoisotopic (exact) mass is 294 g/mol. The van der Waals surface area contributed by atoms with Crippen LogP contribution in [-0.4, -0.2) is 28.6 Å². The van der Waals surface area contributed by atoms with Crippen molar-refractivity contribution in [2.75, 3.05) is 11.9 Å². The predicted octanol–water partition coefficient (Wildman–Crippen LogP) is 2.59. The van der Waals surface area contributed by atoms with Crippen LogP contribution < -0.4 is 5.32 Å². The predicted molar refractivity (Wildman–Crippen MR) is 76.2 cm³/mol. The second-order valence-electron chi connectivity index (χ2n) is 5.00. The third-order valence-electron chi connectivity index (χ3n) is 3.45. The molecule has 2 N–H and O–H groups in total. The van der Waals surface area contributed by atoms with Crippen molar-refractivity contribution in [2.24, 2.45) is 0 Å². The molecule has 1 aliphatic rings. The third kappa shape index (κ3) is 4.16. The third-order valence-corrected chi connectivity index (χ3v) is 3.45. The van der Waals surface area contributed by atoms with Gasteiger partial charge in [0.15, 0.2) is 5.69 Å². The Morgan fingerprint density at radius 2 is 2.29 bits per heavy atom. The van der Waals surface area contributed by atoms with Gasteiger partial charge in [-0.25, -0.2) is 0 Å².